The summed E-state index contributed by atoms with van der Waals surface area (Å²) in [5.41, 5.74) is 9.18. The topological polar surface area (TPSA) is 62.2 Å². The molecule has 5 heteroatoms. The maximum atomic E-state index is 8.07. The normalized spacial score (nSPS) is 14.6. The minimum Gasteiger partial charge on any atom is -0.383 e. The first-order valence-electron chi connectivity index (χ1n) is 6.26. The van der Waals surface area contributed by atoms with E-state index in [9.17, 15) is 0 Å². The van der Waals surface area contributed by atoms with Gasteiger partial charge in [0.15, 0.2) is 5.84 Å². The summed E-state index contributed by atoms with van der Waals surface area (Å²) in [6.07, 6.45) is 0. The number of rotatable bonds is 2. The number of nitrogens with one attached hydrogen (secondary N) is 1. The molecule has 0 aliphatic carbocycles. The Bertz CT molecular complexity index is 772. The molecule has 0 aromatic heterocycles. The Morgan fingerprint density at radius 2 is 1.19 bits per heavy atom. The highest BCUT2D eigenvalue weighted by Crippen LogP contribution is 2.33. The molecule has 0 saturated carbocycles. The van der Waals surface area contributed by atoms with Gasteiger partial charge < -0.3 is 5.73 Å². The van der Waals surface area contributed by atoms with Gasteiger partial charge in [0.05, 0.1) is 0 Å². The Balaban J connectivity index is 2.19. The van der Waals surface area contributed by atoms with Crippen LogP contribution in [0.5, 0.6) is 0 Å². The molecule has 3 N–H and O–H groups in total. The van der Waals surface area contributed by atoms with E-state index < -0.39 is 0 Å². The Morgan fingerprint density at radius 1 is 0.762 bits per heavy atom. The average Bonchev–Trinajstić information content (AvgIpc) is 2.75. The molecule has 104 valence electrons. The van der Waals surface area contributed by atoms with E-state index in [0.29, 0.717) is 21.5 Å². The summed E-state index contributed by atoms with van der Waals surface area (Å²) < 4.78 is 0. The number of nitrogens with zero attached hydrogens (tertiary/aromatic N) is 1. The molecule has 2 aromatic rings. The van der Waals surface area contributed by atoms with Crippen LogP contribution in [0, 0.1) is 5.41 Å². The summed E-state index contributed by atoms with van der Waals surface area (Å²) in [7, 11) is 0. The van der Waals surface area contributed by atoms with E-state index in [0.717, 1.165) is 16.7 Å². The monoisotopic (exact) mass is 315 g/mol. The fourth-order valence-electron chi connectivity index (χ4n) is 2.29. The van der Waals surface area contributed by atoms with Gasteiger partial charge in [-0.3, -0.25) is 5.41 Å². The Hall–Kier alpha value is -2.10. The van der Waals surface area contributed by atoms with Gasteiger partial charge in [0, 0.05) is 21.2 Å². The molecular formula is C16H11Cl2N3. The van der Waals surface area contributed by atoms with E-state index in [2.05, 4.69) is 4.99 Å². The second-order valence-electron chi connectivity index (χ2n) is 4.61. The molecular weight excluding hydrogens is 305 g/mol. The largest absolute Gasteiger partial charge is 0.383 e. The van der Waals surface area contributed by atoms with Gasteiger partial charge in [-0.1, -0.05) is 47.5 Å². The van der Waals surface area contributed by atoms with Crippen LogP contribution in [-0.2, 0) is 0 Å². The van der Waals surface area contributed by atoms with Crippen LogP contribution in [0.4, 0.5) is 0 Å². The lowest BCUT2D eigenvalue weighted by molar-refractivity contribution is 1.46. The van der Waals surface area contributed by atoms with Crippen molar-refractivity contribution in [2.75, 3.05) is 0 Å². The molecule has 0 bridgehead atoms. The van der Waals surface area contributed by atoms with Crippen molar-refractivity contribution in [1.82, 2.24) is 0 Å². The molecule has 2 aromatic carbocycles. The zero-order valence-electron chi connectivity index (χ0n) is 10.9. The van der Waals surface area contributed by atoms with Gasteiger partial charge in [-0.25, -0.2) is 4.99 Å². The maximum Gasteiger partial charge on any atom is 0.155 e. The molecule has 0 spiro atoms. The summed E-state index contributed by atoms with van der Waals surface area (Å²) in [5.74, 6) is 0.493. The van der Waals surface area contributed by atoms with Crippen molar-refractivity contribution in [1.29, 1.82) is 5.41 Å². The first-order chi connectivity index (χ1) is 10.1. The molecule has 0 radical (unpaired) electrons. The summed E-state index contributed by atoms with van der Waals surface area (Å²) in [6.45, 7) is 0. The van der Waals surface area contributed by atoms with Gasteiger partial charge in [-0.15, -0.1) is 0 Å². The molecule has 3 rings (SSSR count). The fourth-order valence-corrected chi connectivity index (χ4v) is 2.54. The highest BCUT2D eigenvalue weighted by molar-refractivity contribution is 6.48. The third-order valence-electron chi connectivity index (χ3n) is 3.24. The lowest BCUT2D eigenvalue weighted by Gasteiger charge is -2.08. The predicted octanol–water partition coefficient (Wildman–Crippen LogP) is 4.25. The first kappa shape index (κ1) is 13.9. The molecule has 0 saturated heterocycles. The first-order valence-corrected chi connectivity index (χ1v) is 7.01. The number of amidine groups is 2. The van der Waals surface area contributed by atoms with Gasteiger partial charge >= 0.3 is 0 Å². The van der Waals surface area contributed by atoms with E-state index >= 15 is 0 Å². The Labute approximate surface area is 132 Å². The van der Waals surface area contributed by atoms with Crippen LogP contribution >= 0.6 is 23.2 Å². The lowest BCUT2D eigenvalue weighted by Crippen LogP contribution is -2.11. The standard InChI is InChI=1S/C16H11Cl2N3/c17-11-5-1-9(2-6-11)13-14(16(20)21-15(13)19)10-3-7-12(18)8-4-10/h1-8H,(H3,19,20,21). The molecule has 1 aliphatic rings. The Kier molecular flexibility index (Phi) is 3.53. The number of nitrogens with two attached hydrogens (primary N) is 1. The van der Waals surface area contributed by atoms with Crippen molar-refractivity contribution >= 4 is 46.0 Å². The minimum atomic E-state index is 0.153. The number of aliphatic imine (C=N–C) groups is 1. The van der Waals surface area contributed by atoms with Crippen LogP contribution in [-0.4, -0.2) is 11.7 Å². The molecule has 0 amide bonds. The van der Waals surface area contributed by atoms with Crippen LogP contribution in [0.1, 0.15) is 11.1 Å². The minimum absolute atomic E-state index is 0.153. The Morgan fingerprint density at radius 3 is 1.67 bits per heavy atom. The van der Waals surface area contributed by atoms with Gasteiger partial charge in [0.25, 0.3) is 0 Å². The summed E-state index contributed by atoms with van der Waals surface area (Å²) in [5, 5.41) is 9.36. The second kappa shape index (κ2) is 5.35. The van der Waals surface area contributed by atoms with Crippen LogP contribution in [0.3, 0.4) is 0 Å². The second-order valence-corrected chi connectivity index (χ2v) is 5.48. The zero-order valence-corrected chi connectivity index (χ0v) is 12.4. The third kappa shape index (κ3) is 2.58. The van der Waals surface area contributed by atoms with E-state index in [-0.39, 0.29) is 5.84 Å². The van der Waals surface area contributed by atoms with Crippen molar-refractivity contribution in [2.24, 2.45) is 10.7 Å². The SMILES string of the molecule is N=C1N=C(N)C(c2ccc(Cl)cc2)=C1c1ccc(Cl)cc1. The molecule has 3 nitrogen and oxygen atoms in total. The van der Waals surface area contributed by atoms with Crippen LogP contribution in [0.2, 0.25) is 10.0 Å². The molecule has 0 unspecified atom stereocenters. The van der Waals surface area contributed by atoms with E-state index in [1.165, 1.54) is 0 Å². The van der Waals surface area contributed by atoms with Crippen molar-refractivity contribution < 1.29 is 0 Å². The summed E-state index contributed by atoms with van der Waals surface area (Å²) in [4.78, 5) is 4.09. The molecule has 0 fully saturated rings. The predicted molar refractivity (Wildman–Crippen MR) is 89.1 cm³/mol. The zero-order chi connectivity index (χ0) is 15.0. The average molecular weight is 316 g/mol. The summed E-state index contributed by atoms with van der Waals surface area (Å²) in [6, 6.07) is 14.6. The quantitative estimate of drug-likeness (QED) is 0.854. The van der Waals surface area contributed by atoms with Crippen molar-refractivity contribution in [3.8, 4) is 0 Å². The van der Waals surface area contributed by atoms with Crippen LogP contribution in [0.15, 0.2) is 53.5 Å². The van der Waals surface area contributed by atoms with Crippen molar-refractivity contribution in [2.45, 2.75) is 0 Å². The maximum absolute atomic E-state index is 8.07. The highest BCUT2D eigenvalue weighted by Gasteiger charge is 2.24. The summed E-state index contributed by atoms with van der Waals surface area (Å²) >= 11 is 11.8. The molecule has 1 heterocycles. The fraction of sp³-hybridized carbons (Fsp3) is 0. The van der Waals surface area contributed by atoms with Gasteiger partial charge in [0.2, 0.25) is 0 Å². The number of hydrogen-bond donors (Lipinski definition) is 2. The van der Waals surface area contributed by atoms with Crippen LogP contribution in [0.25, 0.3) is 11.1 Å². The van der Waals surface area contributed by atoms with E-state index in [1.54, 1.807) is 24.3 Å². The van der Waals surface area contributed by atoms with E-state index in [4.69, 9.17) is 34.3 Å². The highest BCUT2D eigenvalue weighted by atomic mass is 35.5. The molecule has 1 aliphatic heterocycles. The van der Waals surface area contributed by atoms with Gasteiger partial charge in [-0.2, -0.15) is 0 Å². The van der Waals surface area contributed by atoms with Crippen molar-refractivity contribution in [3.05, 3.63) is 69.7 Å². The van der Waals surface area contributed by atoms with E-state index in [1.807, 2.05) is 24.3 Å². The molecule has 21 heavy (non-hydrogen) atoms. The van der Waals surface area contributed by atoms with Crippen molar-refractivity contribution in [3.63, 3.8) is 0 Å². The smallest absolute Gasteiger partial charge is 0.155 e. The number of benzene rings is 2. The molecule has 0 atom stereocenters. The number of halogens is 2. The van der Waals surface area contributed by atoms with Gasteiger partial charge in [-0.05, 0) is 35.4 Å². The lowest BCUT2D eigenvalue weighted by atomic mass is 9.95. The number of hydrogen-bond acceptors (Lipinski definition) is 2. The van der Waals surface area contributed by atoms with Gasteiger partial charge in [0.1, 0.15) is 5.84 Å². The van der Waals surface area contributed by atoms with Crippen LogP contribution < -0.4 is 5.73 Å². The third-order valence-corrected chi connectivity index (χ3v) is 3.74.